The van der Waals surface area contributed by atoms with Crippen molar-refractivity contribution < 1.29 is 9.84 Å². The third-order valence-electron chi connectivity index (χ3n) is 7.00. The molecule has 4 heterocycles. The lowest BCUT2D eigenvalue weighted by atomic mass is 9.98. The summed E-state index contributed by atoms with van der Waals surface area (Å²) in [6.45, 7) is 2.50. The van der Waals surface area contributed by atoms with Crippen LogP contribution in [0.5, 0.6) is 0 Å². The number of hydrogen-bond donors (Lipinski definition) is 2. The van der Waals surface area contributed by atoms with Gasteiger partial charge in [-0.05, 0) is 45.7 Å². The highest BCUT2D eigenvalue weighted by Gasteiger charge is 2.18. The Labute approximate surface area is 230 Å². The number of rotatable bonds is 9. The van der Waals surface area contributed by atoms with E-state index in [-0.39, 0.29) is 6.61 Å². The molecule has 40 heavy (non-hydrogen) atoms. The van der Waals surface area contributed by atoms with E-state index in [1.165, 1.54) is 12.4 Å². The Morgan fingerprint density at radius 2 is 1.77 bits per heavy atom. The molecule has 0 spiro atoms. The number of H-pyrrole nitrogens is 1. The van der Waals surface area contributed by atoms with Crippen molar-refractivity contribution in [1.82, 2.24) is 35.2 Å². The maximum Gasteiger partial charge on any atom is 0.188 e. The van der Waals surface area contributed by atoms with Crippen molar-refractivity contribution in [2.24, 2.45) is 0 Å². The second-order valence-corrected chi connectivity index (χ2v) is 9.65. The lowest BCUT2D eigenvalue weighted by molar-refractivity contribution is -0.604. The van der Waals surface area contributed by atoms with Crippen LogP contribution in [-0.4, -0.2) is 40.3 Å². The third-order valence-corrected chi connectivity index (χ3v) is 7.00. The van der Waals surface area contributed by atoms with Crippen LogP contribution in [0.3, 0.4) is 0 Å². The number of unbranched alkanes of at least 4 members (excludes halogenated alkanes) is 1. The maximum atomic E-state index is 11.9. The number of tetrazole rings is 1. The molecule has 200 valence electrons. The molecule has 0 saturated carbocycles. The van der Waals surface area contributed by atoms with Gasteiger partial charge in [-0.3, -0.25) is 0 Å². The molecule has 10 nitrogen and oxygen atoms in total. The van der Waals surface area contributed by atoms with E-state index in [1.54, 1.807) is 6.07 Å². The molecule has 0 saturated heterocycles. The van der Waals surface area contributed by atoms with Crippen LogP contribution in [0.2, 0.25) is 0 Å². The first-order valence-electron chi connectivity index (χ1n) is 13.3. The van der Waals surface area contributed by atoms with Crippen LogP contribution < -0.4 is 4.73 Å². The Balaban J connectivity index is 1.37. The first kappa shape index (κ1) is 25.3. The van der Waals surface area contributed by atoms with E-state index < -0.39 is 0 Å². The number of aryl methyl sites for hydroxylation is 1. The summed E-state index contributed by atoms with van der Waals surface area (Å²) >= 11 is 0. The number of benzene rings is 2. The van der Waals surface area contributed by atoms with Crippen LogP contribution in [0.4, 0.5) is 0 Å². The maximum absolute atomic E-state index is 11.9. The van der Waals surface area contributed by atoms with Gasteiger partial charge >= 0.3 is 0 Å². The van der Waals surface area contributed by atoms with Crippen molar-refractivity contribution in [2.45, 2.75) is 39.3 Å². The van der Waals surface area contributed by atoms with Crippen LogP contribution in [0.15, 0.2) is 79.1 Å². The molecule has 6 rings (SSSR count). The molecule has 0 aliphatic carbocycles. The molecule has 0 aliphatic rings. The topological polar surface area (TPSA) is 132 Å². The predicted octanol–water partition coefficient (Wildman–Crippen LogP) is 4.46. The number of hydrogen-bond acceptors (Lipinski definition) is 7. The molecule has 6 aromatic rings. The molecule has 0 amide bonds. The second kappa shape index (κ2) is 11.0. The zero-order valence-corrected chi connectivity index (χ0v) is 22.0. The van der Waals surface area contributed by atoms with Crippen LogP contribution in [0.1, 0.15) is 36.8 Å². The van der Waals surface area contributed by atoms with E-state index in [0.717, 1.165) is 63.2 Å². The summed E-state index contributed by atoms with van der Waals surface area (Å²) < 4.78 is 2.88. The van der Waals surface area contributed by atoms with Crippen molar-refractivity contribution in [3.63, 3.8) is 0 Å². The van der Waals surface area contributed by atoms with Crippen LogP contribution >= 0.6 is 0 Å². The number of aliphatic hydroxyl groups excluding tert-OH is 1. The van der Waals surface area contributed by atoms with Gasteiger partial charge in [-0.15, -0.1) is 5.10 Å². The monoisotopic (exact) mass is 532 g/mol. The summed E-state index contributed by atoms with van der Waals surface area (Å²) in [6, 6.07) is 21.9. The van der Waals surface area contributed by atoms with E-state index in [9.17, 15) is 10.3 Å². The molecular weight excluding hydrogens is 504 g/mol. The quantitative estimate of drug-likeness (QED) is 0.207. The highest BCUT2D eigenvalue weighted by Crippen LogP contribution is 2.31. The molecule has 4 aromatic heterocycles. The first-order valence-corrected chi connectivity index (χ1v) is 13.3. The summed E-state index contributed by atoms with van der Waals surface area (Å²) in [5.74, 6) is 1.57. The zero-order valence-electron chi connectivity index (χ0n) is 22.0. The normalized spacial score (nSPS) is 11.3. The summed E-state index contributed by atoms with van der Waals surface area (Å²) in [4.78, 5) is 9.79. The van der Waals surface area contributed by atoms with Gasteiger partial charge in [-0.1, -0.05) is 61.9 Å². The molecule has 0 unspecified atom stereocenters. The Morgan fingerprint density at radius 3 is 2.50 bits per heavy atom. The van der Waals surface area contributed by atoms with Gasteiger partial charge < -0.3 is 14.9 Å². The Morgan fingerprint density at radius 1 is 0.950 bits per heavy atom. The van der Waals surface area contributed by atoms with Gasteiger partial charge in [0.25, 0.3) is 0 Å². The number of nitrogens with one attached hydrogen (secondary N) is 1. The van der Waals surface area contributed by atoms with E-state index >= 15 is 0 Å². The van der Waals surface area contributed by atoms with Gasteiger partial charge in [0.1, 0.15) is 11.3 Å². The molecule has 2 N–H and O–H groups in total. The predicted molar refractivity (Wildman–Crippen MR) is 151 cm³/mol. The minimum Gasteiger partial charge on any atom is -0.619 e. The van der Waals surface area contributed by atoms with Gasteiger partial charge in [-0.25, -0.2) is 15.1 Å². The zero-order chi connectivity index (χ0) is 27.5. The Kier molecular flexibility index (Phi) is 6.98. The molecule has 0 aliphatic heterocycles. The van der Waals surface area contributed by atoms with Crippen molar-refractivity contribution in [2.75, 3.05) is 0 Å². The van der Waals surface area contributed by atoms with E-state index in [1.807, 2.05) is 30.3 Å². The molecule has 0 atom stereocenters. The van der Waals surface area contributed by atoms with Gasteiger partial charge in [0, 0.05) is 29.2 Å². The smallest absolute Gasteiger partial charge is 0.188 e. The van der Waals surface area contributed by atoms with Gasteiger partial charge in [-0.2, -0.15) is 4.73 Å². The SMILES string of the molecule is CCCCc1nc2cc(-c3ccc[n+]([O-])c3)c(CO)nc2n1Cc1ccc(-c2ccccc2-c2nnn[nH]2)cc1. The first-order chi connectivity index (χ1) is 19.6. The molecule has 2 aromatic carbocycles. The average Bonchev–Trinajstić information content (AvgIpc) is 3.64. The van der Waals surface area contributed by atoms with Crippen LogP contribution in [0, 0.1) is 5.21 Å². The minimum atomic E-state index is -0.247. The molecular formula is C30H28N8O2. The lowest BCUT2D eigenvalue weighted by Crippen LogP contribution is -2.24. The highest BCUT2D eigenvalue weighted by atomic mass is 16.5. The number of pyridine rings is 2. The average molecular weight is 533 g/mol. The highest BCUT2D eigenvalue weighted by molar-refractivity contribution is 5.81. The Hall–Kier alpha value is -4.96. The summed E-state index contributed by atoms with van der Waals surface area (Å²) in [5, 5.41) is 36.4. The standard InChI is InChI=1S/C30H28N8O2/c1-2-3-10-28-31-26-16-25(22-7-6-15-37(40)18-22)27(19-39)32-30(26)38(28)17-20-11-13-21(14-12-20)23-8-4-5-9-24(23)29-33-35-36-34-29/h4-9,11-16,18,39H,2-3,10,17,19H2,1H3,(H,33,34,35,36). The van der Waals surface area contributed by atoms with Gasteiger partial charge in [0.15, 0.2) is 23.9 Å². The number of aromatic amines is 1. The van der Waals surface area contributed by atoms with Crippen molar-refractivity contribution >= 4 is 11.2 Å². The number of nitrogens with zero attached hydrogens (tertiary/aromatic N) is 7. The van der Waals surface area contributed by atoms with Crippen molar-refractivity contribution in [3.05, 3.63) is 101 Å². The van der Waals surface area contributed by atoms with Gasteiger partial charge in [0.05, 0.1) is 18.8 Å². The fourth-order valence-electron chi connectivity index (χ4n) is 5.00. The summed E-state index contributed by atoms with van der Waals surface area (Å²) in [5.41, 5.74) is 7.49. The second-order valence-electron chi connectivity index (χ2n) is 9.65. The largest absolute Gasteiger partial charge is 0.619 e. The fraction of sp³-hybridized carbons (Fsp3) is 0.200. The third kappa shape index (κ3) is 4.92. The number of aliphatic hydroxyl groups is 1. The summed E-state index contributed by atoms with van der Waals surface area (Å²) in [6.07, 6.45) is 5.78. The number of fused-ring (bicyclic) bond motifs is 1. The van der Waals surface area contributed by atoms with E-state index in [2.05, 4.69) is 62.4 Å². The summed E-state index contributed by atoms with van der Waals surface area (Å²) in [7, 11) is 0. The Bertz CT molecular complexity index is 1760. The molecule has 0 bridgehead atoms. The molecule has 0 radical (unpaired) electrons. The number of imidazole rings is 1. The number of aromatic nitrogens is 8. The minimum absolute atomic E-state index is 0.247. The van der Waals surface area contributed by atoms with Gasteiger partial charge in [0.2, 0.25) is 0 Å². The molecule has 10 heteroatoms. The van der Waals surface area contributed by atoms with Crippen LogP contribution in [0.25, 0.3) is 44.8 Å². The van der Waals surface area contributed by atoms with E-state index in [0.29, 0.717) is 29.2 Å². The fourth-order valence-corrected chi connectivity index (χ4v) is 5.00. The van der Waals surface area contributed by atoms with Crippen molar-refractivity contribution in [3.8, 4) is 33.6 Å². The lowest BCUT2D eigenvalue weighted by Gasteiger charge is -2.12. The van der Waals surface area contributed by atoms with Crippen LogP contribution in [-0.2, 0) is 19.6 Å². The van der Waals surface area contributed by atoms with Crippen molar-refractivity contribution in [1.29, 1.82) is 0 Å². The molecule has 0 fully saturated rings. The van der Waals surface area contributed by atoms with E-state index in [4.69, 9.17) is 9.97 Å².